The van der Waals surface area contributed by atoms with Gasteiger partial charge in [0.15, 0.2) is 0 Å². The average Bonchev–Trinajstić information content (AvgIpc) is 2.43. The molecule has 21 heavy (non-hydrogen) atoms. The number of nitrogens with zero attached hydrogens (tertiary/aromatic N) is 1. The normalized spacial score (nSPS) is 10.3. The maximum absolute atomic E-state index is 13.1. The highest BCUT2D eigenvalue weighted by atomic mass is 35.5. The molecule has 0 spiro atoms. The maximum Gasteiger partial charge on any atom is 0.257 e. The second kappa shape index (κ2) is 6.74. The molecule has 110 valence electrons. The van der Waals surface area contributed by atoms with Crippen LogP contribution in [-0.2, 0) is 0 Å². The molecule has 1 aromatic carbocycles. The van der Waals surface area contributed by atoms with E-state index in [1.807, 2.05) is 6.92 Å². The van der Waals surface area contributed by atoms with E-state index in [2.05, 4.69) is 15.6 Å². The Morgan fingerprint density at radius 1 is 1.33 bits per heavy atom. The van der Waals surface area contributed by atoms with Crippen molar-refractivity contribution in [3.8, 4) is 0 Å². The molecule has 0 aliphatic heterocycles. The number of halogens is 3. The standard InChI is InChI=1S/C14H12Cl2FN3O/c1-2-19-12-7-18-4-3-9(12)14(21)20-13-10(15)5-8(17)6-11(13)16/h3-7,19H,2H2,1H3,(H,20,21). The maximum atomic E-state index is 13.1. The number of aromatic nitrogens is 1. The molecule has 0 aliphatic rings. The van der Waals surface area contributed by atoms with Crippen LogP contribution in [0.1, 0.15) is 17.3 Å². The van der Waals surface area contributed by atoms with Gasteiger partial charge in [0.05, 0.1) is 33.2 Å². The number of amides is 1. The fraction of sp³-hybridized carbons (Fsp3) is 0.143. The average molecular weight is 328 g/mol. The third-order valence-corrected chi connectivity index (χ3v) is 3.27. The van der Waals surface area contributed by atoms with E-state index in [-0.39, 0.29) is 15.7 Å². The van der Waals surface area contributed by atoms with E-state index in [9.17, 15) is 9.18 Å². The van der Waals surface area contributed by atoms with Gasteiger partial charge in [0.1, 0.15) is 5.82 Å². The number of hydrogen-bond acceptors (Lipinski definition) is 3. The molecule has 0 saturated heterocycles. The van der Waals surface area contributed by atoms with Crippen molar-refractivity contribution in [2.45, 2.75) is 6.92 Å². The van der Waals surface area contributed by atoms with Crippen LogP contribution in [0.4, 0.5) is 15.8 Å². The predicted octanol–water partition coefficient (Wildman–Crippen LogP) is 4.21. The highest BCUT2D eigenvalue weighted by molar-refractivity contribution is 6.40. The fourth-order valence-corrected chi connectivity index (χ4v) is 2.32. The molecule has 0 radical (unpaired) electrons. The van der Waals surface area contributed by atoms with Gasteiger partial charge < -0.3 is 10.6 Å². The van der Waals surface area contributed by atoms with E-state index < -0.39 is 11.7 Å². The smallest absolute Gasteiger partial charge is 0.257 e. The van der Waals surface area contributed by atoms with Crippen molar-refractivity contribution >= 4 is 40.5 Å². The van der Waals surface area contributed by atoms with E-state index >= 15 is 0 Å². The molecule has 1 aromatic heterocycles. The molecule has 0 bridgehead atoms. The van der Waals surface area contributed by atoms with Crippen molar-refractivity contribution in [2.24, 2.45) is 0 Å². The van der Waals surface area contributed by atoms with Gasteiger partial charge in [-0.1, -0.05) is 23.2 Å². The first kappa shape index (κ1) is 15.5. The Hall–Kier alpha value is -1.85. The number of hydrogen-bond donors (Lipinski definition) is 2. The topological polar surface area (TPSA) is 54.0 Å². The summed E-state index contributed by atoms with van der Waals surface area (Å²) in [5.74, 6) is -0.982. The summed E-state index contributed by atoms with van der Waals surface area (Å²) < 4.78 is 13.1. The largest absolute Gasteiger partial charge is 0.383 e. The van der Waals surface area contributed by atoms with Gasteiger partial charge >= 0.3 is 0 Å². The van der Waals surface area contributed by atoms with Crippen LogP contribution in [-0.4, -0.2) is 17.4 Å². The van der Waals surface area contributed by atoms with Gasteiger partial charge in [-0.05, 0) is 25.1 Å². The zero-order valence-electron chi connectivity index (χ0n) is 11.1. The van der Waals surface area contributed by atoms with Crippen molar-refractivity contribution in [3.05, 3.63) is 52.0 Å². The number of rotatable bonds is 4. The molecule has 0 atom stereocenters. The summed E-state index contributed by atoms with van der Waals surface area (Å²) in [6.07, 6.45) is 3.05. The Bertz CT molecular complexity index is 656. The van der Waals surface area contributed by atoms with E-state index in [4.69, 9.17) is 23.2 Å². The summed E-state index contributed by atoms with van der Waals surface area (Å²) in [4.78, 5) is 16.3. The Kier molecular flexibility index (Phi) is 4.98. The van der Waals surface area contributed by atoms with Crippen molar-refractivity contribution in [2.75, 3.05) is 17.2 Å². The van der Waals surface area contributed by atoms with Crippen LogP contribution in [0.5, 0.6) is 0 Å². The Labute approximate surface area is 131 Å². The monoisotopic (exact) mass is 327 g/mol. The number of carbonyl (C=O) groups is 1. The number of anilines is 2. The molecule has 0 saturated carbocycles. The lowest BCUT2D eigenvalue weighted by atomic mass is 10.2. The molecular weight excluding hydrogens is 316 g/mol. The van der Waals surface area contributed by atoms with Crippen molar-refractivity contribution in [3.63, 3.8) is 0 Å². The van der Waals surface area contributed by atoms with E-state index in [0.29, 0.717) is 17.8 Å². The van der Waals surface area contributed by atoms with Gasteiger partial charge in [0, 0.05) is 12.7 Å². The summed E-state index contributed by atoms with van der Waals surface area (Å²) in [6, 6.07) is 3.74. The van der Waals surface area contributed by atoms with E-state index in [1.54, 1.807) is 12.3 Å². The lowest BCUT2D eigenvalue weighted by Crippen LogP contribution is -2.15. The molecule has 7 heteroatoms. The van der Waals surface area contributed by atoms with Crippen LogP contribution in [0.15, 0.2) is 30.6 Å². The van der Waals surface area contributed by atoms with Crippen LogP contribution >= 0.6 is 23.2 Å². The molecule has 1 amide bonds. The SMILES string of the molecule is CCNc1cnccc1C(=O)Nc1c(Cl)cc(F)cc1Cl. The van der Waals surface area contributed by atoms with Crippen LogP contribution in [0.25, 0.3) is 0 Å². The van der Waals surface area contributed by atoms with Gasteiger partial charge in [0.25, 0.3) is 5.91 Å². The van der Waals surface area contributed by atoms with Crippen LogP contribution in [0.3, 0.4) is 0 Å². The second-order valence-corrected chi connectivity index (χ2v) is 4.96. The lowest BCUT2D eigenvalue weighted by Gasteiger charge is -2.12. The summed E-state index contributed by atoms with van der Waals surface area (Å²) in [5.41, 5.74) is 1.15. The molecule has 0 fully saturated rings. The molecule has 1 heterocycles. The lowest BCUT2D eigenvalue weighted by molar-refractivity contribution is 0.102. The second-order valence-electron chi connectivity index (χ2n) is 4.15. The highest BCUT2D eigenvalue weighted by Gasteiger charge is 2.15. The molecule has 0 unspecified atom stereocenters. The first-order valence-electron chi connectivity index (χ1n) is 6.16. The van der Waals surface area contributed by atoms with Crippen molar-refractivity contribution in [1.29, 1.82) is 0 Å². The molecule has 2 N–H and O–H groups in total. The Morgan fingerprint density at radius 3 is 2.62 bits per heavy atom. The Balaban J connectivity index is 2.31. The summed E-state index contributed by atoms with van der Waals surface area (Å²) >= 11 is 11.8. The molecule has 0 aliphatic carbocycles. The minimum absolute atomic E-state index is 0.0346. The first-order valence-corrected chi connectivity index (χ1v) is 6.92. The zero-order chi connectivity index (χ0) is 15.4. The van der Waals surface area contributed by atoms with Crippen LogP contribution in [0.2, 0.25) is 10.0 Å². The minimum atomic E-state index is -0.569. The third kappa shape index (κ3) is 3.62. The zero-order valence-corrected chi connectivity index (χ0v) is 12.6. The van der Waals surface area contributed by atoms with Crippen molar-refractivity contribution in [1.82, 2.24) is 4.98 Å². The van der Waals surface area contributed by atoms with Crippen molar-refractivity contribution < 1.29 is 9.18 Å². The van der Waals surface area contributed by atoms with E-state index in [1.165, 1.54) is 6.20 Å². The Morgan fingerprint density at radius 2 is 2.00 bits per heavy atom. The van der Waals surface area contributed by atoms with Gasteiger partial charge in [-0.3, -0.25) is 9.78 Å². The van der Waals surface area contributed by atoms with Gasteiger partial charge in [-0.25, -0.2) is 4.39 Å². The molecular formula is C14H12Cl2FN3O. The summed E-state index contributed by atoms with van der Waals surface area (Å²) in [6.45, 7) is 2.55. The van der Waals surface area contributed by atoms with Gasteiger partial charge in [-0.15, -0.1) is 0 Å². The number of nitrogens with one attached hydrogen (secondary N) is 2. The van der Waals surface area contributed by atoms with Crippen LogP contribution < -0.4 is 10.6 Å². The minimum Gasteiger partial charge on any atom is -0.383 e. The third-order valence-electron chi connectivity index (χ3n) is 2.68. The highest BCUT2D eigenvalue weighted by Crippen LogP contribution is 2.32. The quantitative estimate of drug-likeness (QED) is 0.884. The number of carbonyl (C=O) groups excluding carboxylic acids is 1. The molecule has 4 nitrogen and oxygen atoms in total. The fourth-order valence-electron chi connectivity index (χ4n) is 1.77. The van der Waals surface area contributed by atoms with Gasteiger partial charge in [0.2, 0.25) is 0 Å². The summed E-state index contributed by atoms with van der Waals surface area (Å²) in [7, 11) is 0. The molecule has 2 aromatic rings. The van der Waals surface area contributed by atoms with Gasteiger partial charge in [-0.2, -0.15) is 0 Å². The number of pyridine rings is 1. The number of benzene rings is 1. The molecule has 2 rings (SSSR count). The van der Waals surface area contributed by atoms with Crippen LogP contribution in [0, 0.1) is 5.82 Å². The predicted molar refractivity (Wildman–Crippen MR) is 82.8 cm³/mol. The summed E-state index contributed by atoms with van der Waals surface area (Å²) in [5, 5.41) is 5.68. The first-order chi connectivity index (χ1) is 10.0. The van der Waals surface area contributed by atoms with E-state index in [0.717, 1.165) is 12.1 Å².